The van der Waals surface area contributed by atoms with E-state index < -0.39 is 5.97 Å². The minimum atomic E-state index is -1.00. The number of amides is 1. The summed E-state index contributed by atoms with van der Waals surface area (Å²) in [6, 6.07) is 0.454. The highest BCUT2D eigenvalue weighted by Gasteiger charge is 2.28. The van der Waals surface area contributed by atoms with Crippen molar-refractivity contribution in [3.05, 3.63) is 0 Å². The molecule has 0 aromatic heterocycles. The summed E-state index contributed by atoms with van der Waals surface area (Å²) in [6.07, 6.45) is 2.25. The molecule has 1 rings (SSSR count). The molecule has 0 aromatic carbocycles. The summed E-state index contributed by atoms with van der Waals surface area (Å²) < 4.78 is 0. The molecule has 2 N–H and O–H groups in total. The lowest BCUT2D eigenvalue weighted by Gasteiger charge is -2.26. The van der Waals surface area contributed by atoms with Crippen LogP contribution in [0, 0.1) is 5.92 Å². The van der Waals surface area contributed by atoms with Gasteiger partial charge in [0.15, 0.2) is 0 Å². The third-order valence-corrected chi connectivity index (χ3v) is 2.97. The summed E-state index contributed by atoms with van der Waals surface area (Å²) in [7, 11) is 0. The Bertz CT molecular complexity index is 271. The van der Waals surface area contributed by atoms with Gasteiger partial charge in [-0.1, -0.05) is 13.8 Å². The van der Waals surface area contributed by atoms with Gasteiger partial charge in [-0.3, -0.25) is 14.5 Å². The van der Waals surface area contributed by atoms with Gasteiger partial charge >= 0.3 is 5.97 Å². The van der Waals surface area contributed by atoms with Gasteiger partial charge in [0.05, 0.1) is 6.54 Å². The Balaban J connectivity index is 0.00000256. The summed E-state index contributed by atoms with van der Waals surface area (Å²) in [5.74, 6) is -0.667. The fourth-order valence-electron chi connectivity index (χ4n) is 2.22. The molecule has 6 heteroatoms. The largest absolute Gasteiger partial charge is 0.480 e. The first kappa shape index (κ1) is 16.2. The molecule has 1 saturated heterocycles. The van der Waals surface area contributed by atoms with E-state index in [4.69, 9.17) is 5.11 Å². The van der Waals surface area contributed by atoms with Crippen molar-refractivity contribution in [1.82, 2.24) is 10.2 Å². The number of hydrogen-bond donors (Lipinski definition) is 2. The first-order chi connectivity index (χ1) is 7.50. The number of carboxylic acids is 1. The van der Waals surface area contributed by atoms with Gasteiger partial charge in [-0.05, 0) is 25.3 Å². The van der Waals surface area contributed by atoms with Crippen LogP contribution in [0.25, 0.3) is 0 Å². The molecule has 0 saturated carbocycles. The summed E-state index contributed by atoms with van der Waals surface area (Å²) >= 11 is 0. The van der Waals surface area contributed by atoms with E-state index in [1.165, 1.54) is 0 Å². The van der Waals surface area contributed by atoms with Crippen LogP contribution in [-0.4, -0.2) is 47.6 Å². The van der Waals surface area contributed by atoms with E-state index in [1.807, 2.05) is 0 Å². The molecule has 17 heavy (non-hydrogen) atoms. The molecule has 1 fully saturated rings. The predicted molar refractivity (Wildman–Crippen MR) is 67.3 cm³/mol. The third kappa shape index (κ3) is 5.37. The second-order valence-corrected chi connectivity index (χ2v) is 4.59. The molecule has 1 heterocycles. The number of carboxylic acid groups (broad SMARTS) is 1. The second kappa shape index (κ2) is 7.50. The van der Waals surface area contributed by atoms with Crippen molar-refractivity contribution in [3.63, 3.8) is 0 Å². The lowest BCUT2D eigenvalue weighted by Crippen LogP contribution is -2.42. The number of hydrogen-bond acceptors (Lipinski definition) is 3. The molecule has 100 valence electrons. The maximum absolute atomic E-state index is 11.5. The fraction of sp³-hybridized carbons (Fsp3) is 0.818. The highest BCUT2D eigenvalue weighted by Crippen LogP contribution is 2.22. The Morgan fingerprint density at radius 1 is 1.47 bits per heavy atom. The van der Waals surface area contributed by atoms with E-state index >= 15 is 0 Å². The van der Waals surface area contributed by atoms with Crippen molar-refractivity contribution in [3.8, 4) is 0 Å². The molecule has 0 aromatic rings. The topological polar surface area (TPSA) is 69.6 Å². The van der Waals surface area contributed by atoms with Crippen LogP contribution in [-0.2, 0) is 9.59 Å². The molecular weight excluding hydrogens is 244 g/mol. The van der Waals surface area contributed by atoms with E-state index in [9.17, 15) is 9.59 Å². The Morgan fingerprint density at radius 2 is 2.12 bits per heavy atom. The van der Waals surface area contributed by atoms with Crippen molar-refractivity contribution < 1.29 is 14.7 Å². The predicted octanol–water partition coefficient (Wildman–Crippen LogP) is 0.729. The van der Waals surface area contributed by atoms with Crippen LogP contribution in [0.4, 0.5) is 0 Å². The summed E-state index contributed by atoms with van der Waals surface area (Å²) in [5.41, 5.74) is 0. The average Bonchev–Trinajstić information content (AvgIpc) is 2.62. The third-order valence-electron chi connectivity index (χ3n) is 2.97. The van der Waals surface area contributed by atoms with Crippen molar-refractivity contribution in [2.75, 3.05) is 19.6 Å². The van der Waals surface area contributed by atoms with Crippen LogP contribution in [0.15, 0.2) is 0 Å². The van der Waals surface area contributed by atoms with Gasteiger partial charge in [0.2, 0.25) is 5.91 Å². The minimum Gasteiger partial charge on any atom is -0.480 e. The summed E-state index contributed by atoms with van der Waals surface area (Å²) in [6.45, 7) is 5.26. The number of carbonyl (C=O) groups is 2. The molecule has 1 unspecified atom stereocenters. The van der Waals surface area contributed by atoms with E-state index in [2.05, 4.69) is 24.1 Å². The average molecular weight is 265 g/mol. The smallest absolute Gasteiger partial charge is 0.322 e. The molecule has 1 aliphatic rings. The number of carbonyl (C=O) groups excluding carboxylic acids is 1. The van der Waals surface area contributed by atoms with E-state index in [0.29, 0.717) is 18.5 Å². The SMILES string of the molecule is CC(C)C1CCCN1CC(=O)NCC(=O)O.Cl. The molecule has 1 aliphatic heterocycles. The quantitative estimate of drug-likeness (QED) is 0.768. The fourth-order valence-corrected chi connectivity index (χ4v) is 2.22. The number of nitrogens with one attached hydrogen (secondary N) is 1. The molecule has 0 bridgehead atoms. The number of aliphatic carboxylic acids is 1. The van der Waals surface area contributed by atoms with Gasteiger partial charge in [0.25, 0.3) is 0 Å². The zero-order valence-electron chi connectivity index (χ0n) is 10.3. The zero-order valence-corrected chi connectivity index (χ0v) is 11.1. The van der Waals surface area contributed by atoms with Crippen molar-refractivity contribution >= 4 is 24.3 Å². The highest BCUT2D eigenvalue weighted by molar-refractivity contribution is 5.85. The molecule has 0 spiro atoms. The van der Waals surface area contributed by atoms with Crippen LogP contribution in [0.3, 0.4) is 0 Å². The number of nitrogens with zero attached hydrogens (tertiary/aromatic N) is 1. The molecule has 1 amide bonds. The first-order valence-corrected chi connectivity index (χ1v) is 5.73. The van der Waals surface area contributed by atoms with Crippen LogP contribution < -0.4 is 5.32 Å². The first-order valence-electron chi connectivity index (χ1n) is 5.73. The Kier molecular flexibility index (Phi) is 7.15. The van der Waals surface area contributed by atoms with Crippen molar-refractivity contribution in [2.24, 2.45) is 5.92 Å². The van der Waals surface area contributed by atoms with Gasteiger partial charge in [0, 0.05) is 6.04 Å². The Labute approximate surface area is 108 Å². The highest BCUT2D eigenvalue weighted by atomic mass is 35.5. The molecular formula is C11H21ClN2O3. The monoisotopic (exact) mass is 264 g/mol. The Morgan fingerprint density at radius 3 is 2.65 bits per heavy atom. The van der Waals surface area contributed by atoms with Crippen LogP contribution in [0.2, 0.25) is 0 Å². The van der Waals surface area contributed by atoms with Gasteiger partial charge in [-0.15, -0.1) is 12.4 Å². The molecule has 1 atom stereocenters. The minimum absolute atomic E-state index is 0. The van der Waals surface area contributed by atoms with E-state index in [-0.39, 0.29) is 24.9 Å². The normalized spacial score (nSPS) is 20.1. The van der Waals surface area contributed by atoms with Crippen LogP contribution in [0.5, 0.6) is 0 Å². The summed E-state index contributed by atoms with van der Waals surface area (Å²) in [5, 5.41) is 10.8. The van der Waals surface area contributed by atoms with Gasteiger partial charge in [-0.25, -0.2) is 0 Å². The zero-order chi connectivity index (χ0) is 12.1. The maximum atomic E-state index is 11.5. The van der Waals surface area contributed by atoms with Crippen LogP contribution in [0.1, 0.15) is 26.7 Å². The van der Waals surface area contributed by atoms with E-state index in [0.717, 1.165) is 19.4 Å². The lowest BCUT2D eigenvalue weighted by molar-refractivity contribution is -0.138. The molecule has 0 aliphatic carbocycles. The number of halogens is 1. The summed E-state index contributed by atoms with van der Waals surface area (Å²) in [4.78, 5) is 23.9. The van der Waals surface area contributed by atoms with E-state index in [1.54, 1.807) is 0 Å². The second-order valence-electron chi connectivity index (χ2n) is 4.59. The lowest BCUT2D eigenvalue weighted by atomic mass is 10.0. The molecule has 5 nitrogen and oxygen atoms in total. The Hall–Kier alpha value is -0.810. The van der Waals surface area contributed by atoms with Gasteiger partial charge in [-0.2, -0.15) is 0 Å². The van der Waals surface area contributed by atoms with Gasteiger partial charge < -0.3 is 10.4 Å². The van der Waals surface area contributed by atoms with Crippen LogP contribution >= 0.6 is 12.4 Å². The van der Waals surface area contributed by atoms with Crippen molar-refractivity contribution in [2.45, 2.75) is 32.7 Å². The van der Waals surface area contributed by atoms with Crippen molar-refractivity contribution in [1.29, 1.82) is 0 Å². The number of likely N-dealkylation sites (tertiary alicyclic amines) is 1. The molecule has 0 radical (unpaired) electrons. The standard InChI is InChI=1S/C11H20N2O3.ClH/c1-8(2)9-4-3-5-13(9)7-10(14)12-6-11(15)16;/h8-9H,3-7H2,1-2H3,(H,12,14)(H,15,16);1H. The number of rotatable bonds is 5. The van der Waals surface area contributed by atoms with Gasteiger partial charge in [0.1, 0.15) is 6.54 Å². The maximum Gasteiger partial charge on any atom is 0.322 e.